The average molecular weight is 280 g/mol. The second-order valence-corrected chi connectivity index (χ2v) is 4.85. The molecule has 0 saturated carbocycles. The molecule has 0 amide bonds. The molecule has 0 N–H and O–H groups in total. The summed E-state index contributed by atoms with van der Waals surface area (Å²) >= 11 is 0. The molecule has 4 nitrogen and oxygen atoms in total. The maximum atomic E-state index is 10.8. The monoisotopic (exact) mass is 280 g/mol. The van der Waals surface area contributed by atoms with Crippen LogP contribution in [0.2, 0.25) is 0 Å². The van der Waals surface area contributed by atoms with Crippen LogP contribution in [0.3, 0.4) is 0 Å². The van der Waals surface area contributed by atoms with Crippen molar-refractivity contribution in [1.82, 2.24) is 0 Å². The Hall–Kier alpha value is -2.67. The summed E-state index contributed by atoms with van der Waals surface area (Å²) in [4.78, 5) is 10.8. The number of nitroso groups, excluding NO2 is 1. The second kappa shape index (κ2) is 6.67. The summed E-state index contributed by atoms with van der Waals surface area (Å²) in [6.45, 7) is 4.27. The molecule has 0 fully saturated rings. The Morgan fingerprint density at radius 3 is 2.43 bits per heavy atom. The molecule has 2 rings (SSSR count). The number of rotatable bonds is 5. The number of para-hydroxylation sites is 1. The van der Waals surface area contributed by atoms with Gasteiger partial charge in [-0.1, -0.05) is 42.5 Å². The first-order chi connectivity index (χ1) is 10.2. The third-order valence-electron chi connectivity index (χ3n) is 3.36. The Morgan fingerprint density at radius 2 is 1.81 bits per heavy atom. The first kappa shape index (κ1) is 14.7. The first-order valence-electron chi connectivity index (χ1n) is 6.66. The number of aryl methyl sites for hydroxylation is 2. The standard InChI is InChI=1S/C17H16N2O2/c1-12-6-5-7-13(2)17(12)21-11-14-8-3-4-9-15(14)16(10-18)19-20/h3-9,16H,11H2,1-2H3. The topological polar surface area (TPSA) is 62.4 Å². The zero-order chi connectivity index (χ0) is 15.2. The van der Waals surface area contributed by atoms with Crippen molar-refractivity contribution in [1.29, 1.82) is 5.26 Å². The molecule has 0 aliphatic heterocycles. The summed E-state index contributed by atoms with van der Waals surface area (Å²) in [5, 5.41) is 11.9. The summed E-state index contributed by atoms with van der Waals surface area (Å²) in [7, 11) is 0. The van der Waals surface area contributed by atoms with E-state index in [4.69, 9.17) is 10.00 Å². The summed E-state index contributed by atoms with van der Waals surface area (Å²) in [6, 6.07) is 14.1. The fourth-order valence-corrected chi connectivity index (χ4v) is 2.26. The number of nitriles is 1. The number of hydrogen-bond donors (Lipinski definition) is 0. The molecule has 4 heteroatoms. The second-order valence-electron chi connectivity index (χ2n) is 4.85. The SMILES string of the molecule is Cc1cccc(C)c1OCc1ccccc1C(C#N)N=O. The van der Waals surface area contributed by atoms with E-state index >= 15 is 0 Å². The maximum absolute atomic E-state index is 10.8. The summed E-state index contributed by atoms with van der Waals surface area (Å²) in [6.07, 6.45) is 0. The molecule has 0 aromatic heterocycles. The van der Waals surface area contributed by atoms with Crippen LogP contribution >= 0.6 is 0 Å². The largest absolute Gasteiger partial charge is 0.488 e. The van der Waals surface area contributed by atoms with Gasteiger partial charge < -0.3 is 4.74 Å². The minimum absolute atomic E-state index is 0.301. The van der Waals surface area contributed by atoms with Gasteiger partial charge >= 0.3 is 0 Å². The molecule has 106 valence electrons. The van der Waals surface area contributed by atoms with Crippen molar-refractivity contribution < 1.29 is 4.74 Å². The van der Waals surface area contributed by atoms with Gasteiger partial charge in [0.05, 0.1) is 6.07 Å². The number of hydrogen-bond acceptors (Lipinski definition) is 4. The van der Waals surface area contributed by atoms with Gasteiger partial charge in [0, 0.05) is 5.56 Å². The molecule has 0 spiro atoms. The quantitative estimate of drug-likeness (QED) is 0.770. The van der Waals surface area contributed by atoms with Gasteiger partial charge in [-0.3, -0.25) is 0 Å². The third kappa shape index (κ3) is 3.26. The van der Waals surface area contributed by atoms with Crippen LogP contribution in [-0.4, -0.2) is 0 Å². The van der Waals surface area contributed by atoms with E-state index < -0.39 is 6.04 Å². The molecule has 2 aromatic carbocycles. The number of nitrogens with zero attached hydrogens (tertiary/aromatic N) is 2. The van der Waals surface area contributed by atoms with Gasteiger partial charge in [-0.25, -0.2) is 0 Å². The fourth-order valence-electron chi connectivity index (χ4n) is 2.26. The zero-order valence-electron chi connectivity index (χ0n) is 12.0. The van der Waals surface area contributed by atoms with Crippen LogP contribution in [0.5, 0.6) is 5.75 Å². The van der Waals surface area contributed by atoms with E-state index in [9.17, 15) is 4.91 Å². The lowest BCUT2D eigenvalue weighted by Gasteiger charge is -2.14. The predicted octanol–water partition coefficient (Wildman–Crippen LogP) is 4.21. The van der Waals surface area contributed by atoms with Crippen molar-refractivity contribution in [2.45, 2.75) is 26.5 Å². The van der Waals surface area contributed by atoms with Crippen molar-refractivity contribution in [3.05, 3.63) is 69.6 Å². The van der Waals surface area contributed by atoms with Crippen LogP contribution in [0.25, 0.3) is 0 Å². The lowest BCUT2D eigenvalue weighted by Crippen LogP contribution is -2.04. The molecule has 0 saturated heterocycles. The Morgan fingerprint density at radius 1 is 1.14 bits per heavy atom. The van der Waals surface area contributed by atoms with Gasteiger partial charge in [0.25, 0.3) is 0 Å². The molecule has 0 radical (unpaired) electrons. The number of benzene rings is 2. The molecule has 21 heavy (non-hydrogen) atoms. The maximum Gasteiger partial charge on any atom is 0.203 e. The highest BCUT2D eigenvalue weighted by Gasteiger charge is 2.15. The van der Waals surface area contributed by atoms with Crippen LogP contribution in [0.4, 0.5) is 0 Å². The minimum atomic E-state index is -0.997. The Labute approximate surface area is 124 Å². The van der Waals surface area contributed by atoms with E-state index in [0.717, 1.165) is 22.4 Å². The van der Waals surface area contributed by atoms with Gasteiger partial charge in [-0.2, -0.15) is 5.26 Å². The van der Waals surface area contributed by atoms with Crippen molar-refractivity contribution in [3.63, 3.8) is 0 Å². The van der Waals surface area contributed by atoms with Gasteiger partial charge in [0.1, 0.15) is 12.4 Å². The van der Waals surface area contributed by atoms with Gasteiger partial charge in [0.2, 0.25) is 6.04 Å². The first-order valence-corrected chi connectivity index (χ1v) is 6.66. The van der Waals surface area contributed by atoms with Crippen molar-refractivity contribution in [2.75, 3.05) is 0 Å². The van der Waals surface area contributed by atoms with Gasteiger partial charge in [0.15, 0.2) is 0 Å². The zero-order valence-corrected chi connectivity index (χ0v) is 12.0. The molecule has 1 unspecified atom stereocenters. The minimum Gasteiger partial charge on any atom is -0.488 e. The highest BCUT2D eigenvalue weighted by atomic mass is 16.5. The van der Waals surface area contributed by atoms with Crippen LogP contribution in [-0.2, 0) is 6.61 Å². The molecule has 0 bridgehead atoms. The highest BCUT2D eigenvalue weighted by Crippen LogP contribution is 2.26. The van der Waals surface area contributed by atoms with E-state index in [2.05, 4.69) is 5.18 Å². The summed E-state index contributed by atoms with van der Waals surface area (Å²) in [5.74, 6) is 0.833. The van der Waals surface area contributed by atoms with Crippen LogP contribution in [0, 0.1) is 30.1 Å². The van der Waals surface area contributed by atoms with Crippen LogP contribution in [0.1, 0.15) is 28.3 Å². The van der Waals surface area contributed by atoms with E-state index in [-0.39, 0.29) is 0 Å². The van der Waals surface area contributed by atoms with Crippen LogP contribution < -0.4 is 4.74 Å². The highest BCUT2D eigenvalue weighted by molar-refractivity contribution is 5.40. The van der Waals surface area contributed by atoms with E-state index in [1.807, 2.05) is 50.2 Å². The smallest absolute Gasteiger partial charge is 0.203 e. The molecule has 0 aliphatic carbocycles. The van der Waals surface area contributed by atoms with Crippen molar-refractivity contribution in [3.8, 4) is 11.8 Å². The van der Waals surface area contributed by atoms with Gasteiger partial charge in [-0.15, -0.1) is 4.91 Å². The van der Waals surface area contributed by atoms with Crippen molar-refractivity contribution in [2.24, 2.45) is 5.18 Å². The molecule has 2 aromatic rings. The molecule has 0 aliphatic rings. The van der Waals surface area contributed by atoms with E-state index in [1.54, 1.807) is 12.1 Å². The third-order valence-corrected chi connectivity index (χ3v) is 3.36. The average Bonchev–Trinajstić information content (AvgIpc) is 2.49. The van der Waals surface area contributed by atoms with Crippen molar-refractivity contribution >= 4 is 0 Å². The lowest BCUT2D eigenvalue weighted by atomic mass is 10.0. The lowest BCUT2D eigenvalue weighted by molar-refractivity contribution is 0.300. The van der Waals surface area contributed by atoms with Crippen LogP contribution in [0.15, 0.2) is 47.6 Å². The van der Waals surface area contributed by atoms with E-state index in [0.29, 0.717) is 12.2 Å². The fraction of sp³-hybridized carbons (Fsp3) is 0.235. The van der Waals surface area contributed by atoms with Gasteiger partial charge in [-0.05, 0) is 35.7 Å². The molecule has 1 atom stereocenters. The molecular weight excluding hydrogens is 264 g/mol. The molecule has 0 heterocycles. The Bertz CT molecular complexity index is 669. The predicted molar refractivity (Wildman–Crippen MR) is 80.8 cm³/mol. The summed E-state index contributed by atoms with van der Waals surface area (Å²) in [5.41, 5.74) is 3.50. The Balaban J connectivity index is 2.25. The molecular formula is C17H16N2O2. The van der Waals surface area contributed by atoms with E-state index in [1.165, 1.54) is 0 Å². The normalized spacial score (nSPS) is 11.5. The number of ether oxygens (including phenoxy) is 1. The summed E-state index contributed by atoms with van der Waals surface area (Å²) < 4.78 is 5.88. The Kier molecular flexibility index (Phi) is 4.68.